The largest absolute Gasteiger partial charge is 0.379 e. The molecule has 0 aromatic carbocycles. The molecule has 0 radical (unpaired) electrons. The summed E-state index contributed by atoms with van der Waals surface area (Å²) in [6.45, 7) is 4.16. The number of primary amides is 1. The zero-order valence-corrected chi connectivity index (χ0v) is 22.7. The molecule has 0 rings (SSSR count). The lowest BCUT2D eigenvalue weighted by molar-refractivity contribution is -0.127. The van der Waals surface area contributed by atoms with E-state index in [0.717, 1.165) is 5.75 Å². The van der Waals surface area contributed by atoms with E-state index in [-0.39, 0.29) is 57.6 Å². The molecule has 15 nitrogen and oxygen atoms in total. The number of ether oxygens (including phenoxy) is 4. The molecule has 5 amide bonds. The molecule has 220 valence electrons. The van der Waals surface area contributed by atoms with E-state index in [4.69, 9.17) is 30.4 Å². The fourth-order valence-corrected chi connectivity index (χ4v) is 3.16. The van der Waals surface area contributed by atoms with Crippen molar-refractivity contribution in [2.75, 3.05) is 90.5 Å². The Hall–Kier alpha value is -2.50. The Balaban J connectivity index is 3.45. The molecule has 16 heteroatoms. The second-order valence-electron chi connectivity index (χ2n) is 7.49. The van der Waals surface area contributed by atoms with Crippen molar-refractivity contribution in [3.05, 3.63) is 0 Å². The Morgan fingerprint density at radius 2 is 1.21 bits per heavy atom. The quantitative estimate of drug-likeness (QED) is 0.0594. The van der Waals surface area contributed by atoms with E-state index in [1.165, 1.54) is 11.8 Å². The van der Waals surface area contributed by atoms with Gasteiger partial charge in [-0.1, -0.05) is 6.92 Å². The van der Waals surface area contributed by atoms with Gasteiger partial charge in [-0.25, -0.2) is 0 Å². The maximum absolute atomic E-state index is 11.9. The standard InChI is InChI=1S/C22H42N6O9S/c1-2-38-16-17(22(24)33)28-18(29)3-5-34-7-9-36-11-12-37-10-8-35-6-4-25-20(31)14-27-21(32)15-26-19(30)13-23/h17H,2-16,23H2,1H3,(H2,24,33)(H,25,31)(H,26,30)(H,27,32)(H,28,29). The first-order chi connectivity index (χ1) is 18.3. The highest BCUT2D eigenvalue weighted by molar-refractivity contribution is 7.99. The lowest BCUT2D eigenvalue weighted by atomic mass is 10.3. The summed E-state index contributed by atoms with van der Waals surface area (Å²) in [4.78, 5) is 57.2. The van der Waals surface area contributed by atoms with E-state index in [9.17, 15) is 24.0 Å². The Labute approximate surface area is 227 Å². The molecule has 0 fully saturated rings. The third-order valence-corrected chi connectivity index (χ3v) is 5.38. The van der Waals surface area contributed by atoms with Crippen molar-refractivity contribution in [3.8, 4) is 0 Å². The summed E-state index contributed by atoms with van der Waals surface area (Å²) in [6, 6.07) is -0.682. The van der Waals surface area contributed by atoms with Crippen LogP contribution < -0.4 is 32.7 Å². The van der Waals surface area contributed by atoms with Crippen molar-refractivity contribution in [2.24, 2.45) is 11.5 Å². The summed E-state index contributed by atoms with van der Waals surface area (Å²) in [5, 5.41) is 9.84. The summed E-state index contributed by atoms with van der Waals surface area (Å²) in [5.74, 6) is -0.911. The number of amides is 5. The molecule has 0 aliphatic rings. The highest BCUT2D eigenvalue weighted by atomic mass is 32.2. The first-order valence-electron chi connectivity index (χ1n) is 12.3. The lowest BCUT2D eigenvalue weighted by Gasteiger charge is -2.14. The summed E-state index contributed by atoms with van der Waals surface area (Å²) >= 11 is 1.52. The number of nitrogens with one attached hydrogen (secondary N) is 4. The molecule has 0 saturated heterocycles. The number of hydrogen-bond acceptors (Lipinski definition) is 11. The molecule has 0 aliphatic heterocycles. The van der Waals surface area contributed by atoms with Crippen molar-refractivity contribution in [1.29, 1.82) is 0 Å². The van der Waals surface area contributed by atoms with Gasteiger partial charge in [-0.3, -0.25) is 24.0 Å². The van der Waals surface area contributed by atoms with Gasteiger partial charge < -0.3 is 51.7 Å². The molecule has 0 saturated carbocycles. The molecule has 0 bridgehead atoms. The summed E-state index contributed by atoms with van der Waals surface area (Å²) < 4.78 is 21.4. The number of nitrogens with two attached hydrogens (primary N) is 2. The number of carbonyl (C=O) groups is 5. The molecular weight excluding hydrogens is 524 g/mol. The first-order valence-corrected chi connectivity index (χ1v) is 13.4. The Morgan fingerprint density at radius 1 is 0.711 bits per heavy atom. The van der Waals surface area contributed by atoms with Gasteiger partial charge in [0.2, 0.25) is 29.5 Å². The topological polar surface area (TPSA) is 222 Å². The van der Waals surface area contributed by atoms with Crippen LogP contribution in [0.4, 0.5) is 0 Å². The number of hydrogen-bond donors (Lipinski definition) is 6. The summed E-state index contributed by atoms with van der Waals surface area (Å²) in [7, 11) is 0. The van der Waals surface area contributed by atoms with Crippen molar-refractivity contribution in [3.63, 3.8) is 0 Å². The minimum atomic E-state index is -0.682. The average Bonchev–Trinajstić information content (AvgIpc) is 2.90. The van der Waals surface area contributed by atoms with E-state index in [1.54, 1.807) is 0 Å². The number of carbonyl (C=O) groups excluding carboxylic acids is 5. The van der Waals surface area contributed by atoms with Crippen molar-refractivity contribution in [1.82, 2.24) is 21.3 Å². The third-order valence-electron chi connectivity index (χ3n) is 4.40. The van der Waals surface area contributed by atoms with E-state index >= 15 is 0 Å². The molecule has 38 heavy (non-hydrogen) atoms. The fourth-order valence-electron chi connectivity index (χ4n) is 2.44. The van der Waals surface area contributed by atoms with Crippen molar-refractivity contribution < 1.29 is 42.9 Å². The zero-order chi connectivity index (χ0) is 28.4. The molecule has 0 aromatic rings. The van der Waals surface area contributed by atoms with E-state index < -0.39 is 23.8 Å². The average molecular weight is 567 g/mol. The predicted molar refractivity (Wildman–Crippen MR) is 140 cm³/mol. The van der Waals surface area contributed by atoms with E-state index in [2.05, 4.69) is 21.3 Å². The number of thioether (sulfide) groups is 1. The van der Waals surface area contributed by atoms with Gasteiger partial charge in [-0.2, -0.15) is 11.8 Å². The molecular formula is C22H42N6O9S. The molecule has 1 unspecified atom stereocenters. The van der Waals surface area contributed by atoms with Crippen LogP contribution in [0.2, 0.25) is 0 Å². The SMILES string of the molecule is CCSCC(NC(=O)CCOCCOCCOCCOCCNC(=O)CNC(=O)CNC(=O)CN)C(N)=O. The van der Waals surface area contributed by atoms with Crippen LogP contribution in [0, 0.1) is 0 Å². The Morgan fingerprint density at radius 3 is 1.74 bits per heavy atom. The fraction of sp³-hybridized carbons (Fsp3) is 0.773. The van der Waals surface area contributed by atoms with E-state index in [1.807, 2.05) is 6.92 Å². The van der Waals surface area contributed by atoms with Gasteiger partial charge in [-0.05, 0) is 5.75 Å². The molecule has 0 aliphatic carbocycles. The van der Waals surface area contributed by atoms with Crippen LogP contribution in [-0.2, 0) is 42.9 Å². The van der Waals surface area contributed by atoms with Gasteiger partial charge in [0.05, 0.1) is 72.5 Å². The van der Waals surface area contributed by atoms with Crippen molar-refractivity contribution >= 4 is 41.3 Å². The summed E-state index contributed by atoms with van der Waals surface area (Å²) in [6.07, 6.45) is 0.125. The Bertz CT molecular complexity index is 702. The molecule has 0 spiro atoms. The van der Waals surface area contributed by atoms with Gasteiger partial charge in [0.15, 0.2) is 0 Å². The smallest absolute Gasteiger partial charge is 0.240 e. The third kappa shape index (κ3) is 22.7. The zero-order valence-electron chi connectivity index (χ0n) is 21.9. The highest BCUT2D eigenvalue weighted by Crippen LogP contribution is 2.02. The Kier molecular flexibility index (Phi) is 23.2. The van der Waals surface area contributed by atoms with Crippen LogP contribution in [0.15, 0.2) is 0 Å². The van der Waals surface area contributed by atoms with Crippen LogP contribution in [0.25, 0.3) is 0 Å². The second-order valence-corrected chi connectivity index (χ2v) is 8.81. The minimum absolute atomic E-state index is 0.125. The minimum Gasteiger partial charge on any atom is -0.379 e. The van der Waals surface area contributed by atoms with Crippen molar-refractivity contribution in [2.45, 2.75) is 19.4 Å². The summed E-state index contributed by atoms with van der Waals surface area (Å²) in [5.41, 5.74) is 10.4. The van der Waals surface area contributed by atoms with Crippen LogP contribution in [0.3, 0.4) is 0 Å². The van der Waals surface area contributed by atoms with Gasteiger partial charge in [-0.15, -0.1) is 0 Å². The highest BCUT2D eigenvalue weighted by Gasteiger charge is 2.17. The van der Waals surface area contributed by atoms with Crippen LogP contribution >= 0.6 is 11.8 Å². The maximum atomic E-state index is 11.9. The van der Waals surface area contributed by atoms with Gasteiger partial charge in [0.25, 0.3) is 0 Å². The van der Waals surface area contributed by atoms with Gasteiger partial charge >= 0.3 is 0 Å². The van der Waals surface area contributed by atoms with Crippen LogP contribution in [0.5, 0.6) is 0 Å². The van der Waals surface area contributed by atoms with Gasteiger partial charge in [0.1, 0.15) is 6.04 Å². The predicted octanol–water partition coefficient (Wildman–Crippen LogP) is -3.53. The van der Waals surface area contributed by atoms with Gasteiger partial charge in [0, 0.05) is 18.7 Å². The molecule has 8 N–H and O–H groups in total. The van der Waals surface area contributed by atoms with Crippen LogP contribution in [0.1, 0.15) is 13.3 Å². The number of rotatable bonds is 25. The molecule has 0 heterocycles. The van der Waals surface area contributed by atoms with Crippen LogP contribution in [-0.4, -0.2) is 126 Å². The second kappa shape index (κ2) is 24.8. The lowest BCUT2D eigenvalue weighted by Crippen LogP contribution is -2.46. The molecule has 1 atom stereocenters. The maximum Gasteiger partial charge on any atom is 0.240 e. The molecule has 0 aromatic heterocycles. The monoisotopic (exact) mass is 566 g/mol. The van der Waals surface area contributed by atoms with E-state index in [0.29, 0.717) is 45.4 Å². The first kappa shape index (κ1) is 35.5. The normalized spacial score (nSPS) is 11.4.